The minimum absolute atomic E-state index is 0.00387. The number of hydrogen-bond donors (Lipinski definition) is 2. The van der Waals surface area contributed by atoms with Crippen LogP contribution in [0.2, 0.25) is 0 Å². The topological polar surface area (TPSA) is 81.4 Å². The Morgan fingerprint density at radius 2 is 2.00 bits per heavy atom. The zero-order valence-electron chi connectivity index (χ0n) is 8.87. The lowest BCUT2D eigenvalue weighted by molar-refractivity contribution is -0.146. The van der Waals surface area contributed by atoms with Crippen LogP contribution in [0.15, 0.2) is 0 Å². The van der Waals surface area contributed by atoms with Gasteiger partial charge in [0, 0.05) is 13.0 Å². The van der Waals surface area contributed by atoms with E-state index in [-0.39, 0.29) is 24.8 Å². The Morgan fingerprint density at radius 3 is 2.36 bits per heavy atom. The van der Waals surface area contributed by atoms with E-state index in [0.29, 0.717) is 0 Å². The molecule has 0 aromatic heterocycles. The van der Waals surface area contributed by atoms with E-state index in [1.165, 1.54) is 7.11 Å². The molecular formula is C9H18N2O3. The van der Waals surface area contributed by atoms with E-state index in [1.54, 1.807) is 0 Å². The highest BCUT2D eigenvalue weighted by molar-refractivity contribution is 5.84. The van der Waals surface area contributed by atoms with Gasteiger partial charge in [0.05, 0.1) is 7.11 Å². The monoisotopic (exact) mass is 202 g/mol. The molecule has 0 rings (SSSR count). The zero-order chi connectivity index (χ0) is 11.1. The summed E-state index contributed by atoms with van der Waals surface area (Å²) in [5.74, 6) is -0.647. The Bertz CT molecular complexity index is 204. The highest BCUT2D eigenvalue weighted by atomic mass is 16.5. The van der Waals surface area contributed by atoms with Crippen molar-refractivity contribution < 1.29 is 14.3 Å². The smallest absolute Gasteiger partial charge is 0.328 e. The Balaban J connectivity index is 4.23. The molecule has 5 heteroatoms. The third kappa shape index (κ3) is 4.23. The fourth-order valence-corrected chi connectivity index (χ4v) is 1.00. The van der Waals surface area contributed by atoms with Gasteiger partial charge in [-0.3, -0.25) is 4.79 Å². The minimum atomic E-state index is -0.584. The summed E-state index contributed by atoms with van der Waals surface area (Å²) in [6.07, 6.45) is 0.222. The van der Waals surface area contributed by atoms with Crippen molar-refractivity contribution in [2.45, 2.75) is 26.3 Å². The lowest BCUT2D eigenvalue weighted by atomic mass is 10.0. The normalized spacial score (nSPS) is 12.4. The van der Waals surface area contributed by atoms with Crippen molar-refractivity contribution in [3.8, 4) is 0 Å². The third-order valence-corrected chi connectivity index (χ3v) is 1.81. The van der Waals surface area contributed by atoms with E-state index < -0.39 is 12.0 Å². The molecule has 0 saturated heterocycles. The molecular weight excluding hydrogens is 184 g/mol. The van der Waals surface area contributed by atoms with Crippen molar-refractivity contribution in [3.63, 3.8) is 0 Å². The SMILES string of the molecule is COC(=O)[C@@H](NC(=O)CCN)C(C)C. The Kier molecular flexibility index (Phi) is 5.87. The van der Waals surface area contributed by atoms with Gasteiger partial charge in [0.25, 0.3) is 0 Å². The summed E-state index contributed by atoms with van der Waals surface area (Å²) in [6, 6.07) is -0.584. The summed E-state index contributed by atoms with van der Waals surface area (Å²) in [7, 11) is 1.30. The van der Waals surface area contributed by atoms with E-state index in [1.807, 2.05) is 13.8 Å². The van der Waals surface area contributed by atoms with Gasteiger partial charge in [-0.15, -0.1) is 0 Å². The quantitative estimate of drug-likeness (QED) is 0.597. The molecule has 5 nitrogen and oxygen atoms in total. The number of carbonyl (C=O) groups excluding carboxylic acids is 2. The first-order chi connectivity index (χ1) is 6.52. The van der Waals surface area contributed by atoms with Crippen LogP contribution in [-0.2, 0) is 14.3 Å². The van der Waals surface area contributed by atoms with E-state index in [4.69, 9.17) is 5.73 Å². The maximum atomic E-state index is 11.2. The highest BCUT2D eigenvalue weighted by Crippen LogP contribution is 2.03. The Labute approximate surface area is 84.0 Å². The second kappa shape index (κ2) is 6.37. The van der Waals surface area contributed by atoms with Crippen molar-refractivity contribution >= 4 is 11.9 Å². The predicted molar refractivity (Wildman–Crippen MR) is 52.5 cm³/mol. The van der Waals surface area contributed by atoms with E-state index in [9.17, 15) is 9.59 Å². The Hall–Kier alpha value is -1.10. The number of nitrogens with two attached hydrogens (primary N) is 1. The second-order valence-corrected chi connectivity index (χ2v) is 3.35. The fraction of sp³-hybridized carbons (Fsp3) is 0.778. The molecule has 1 atom stereocenters. The summed E-state index contributed by atoms with van der Waals surface area (Å²) < 4.78 is 4.57. The highest BCUT2D eigenvalue weighted by Gasteiger charge is 2.24. The molecule has 0 heterocycles. The summed E-state index contributed by atoms with van der Waals surface area (Å²) in [6.45, 7) is 3.95. The molecule has 0 aromatic rings. The number of rotatable bonds is 5. The summed E-state index contributed by atoms with van der Waals surface area (Å²) >= 11 is 0. The number of esters is 1. The zero-order valence-corrected chi connectivity index (χ0v) is 8.87. The molecule has 3 N–H and O–H groups in total. The van der Waals surface area contributed by atoms with Crippen molar-refractivity contribution in [1.82, 2.24) is 5.32 Å². The molecule has 0 bridgehead atoms. The molecule has 14 heavy (non-hydrogen) atoms. The maximum absolute atomic E-state index is 11.2. The van der Waals surface area contributed by atoms with Crippen molar-refractivity contribution in [2.24, 2.45) is 11.7 Å². The molecule has 0 unspecified atom stereocenters. The molecule has 0 fully saturated rings. The van der Waals surface area contributed by atoms with Gasteiger partial charge in [-0.1, -0.05) is 13.8 Å². The molecule has 0 aliphatic carbocycles. The fourth-order valence-electron chi connectivity index (χ4n) is 1.00. The third-order valence-electron chi connectivity index (χ3n) is 1.81. The van der Waals surface area contributed by atoms with Gasteiger partial charge in [-0.05, 0) is 5.92 Å². The lowest BCUT2D eigenvalue weighted by Crippen LogP contribution is -2.45. The summed E-state index contributed by atoms with van der Waals surface area (Å²) in [4.78, 5) is 22.4. The van der Waals surface area contributed by atoms with Gasteiger partial charge in [0.2, 0.25) is 5.91 Å². The molecule has 0 radical (unpaired) electrons. The molecule has 0 saturated carbocycles. The Morgan fingerprint density at radius 1 is 1.43 bits per heavy atom. The van der Waals surface area contributed by atoms with Gasteiger partial charge in [-0.25, -0.2) is 4.79 Å². The van der Waals surface area contributed by atoms with Crippen LogP contribution in [0.3, 0.4) is 0 Å². The number of amides is 1. The van der Waals surface area contributed by atoms with Crippen LogP contribution < -0.4 is 11.1 Å². The van der Waals surface area contributed by atoms with Gasteiger partial charge < -0.3 is 15.8 Å². The average molecular weight is 202 g/mol. The van der Waals surface area contributed by atoms with Crippen LogP contribution in [0.1, 0.15) is 20.3 Å². The second-order valence-electron chi connectivity index (χ2n) is 3.35. The van der Waals surface area contributed by atoms with Crippen LogP contribution in [0.4, 0.5) is 0 Å². The van der Waals surface area contributed by atoms with Gasteiger partial charge in [0.1, 0.15) is 6.04 Å². The van der Waals surface area contributed by atoms with Crippen molar-refractivity contribution in [2.75, 3.05) is 13.7 Å². The van der Waals surface area contributed by atoms with Crippen LogP contribution in [0, 0.1) is 5.92 Å². The first kappa shape index (κ1) is 12.9. The molecule has 0 aromatic carbocycles. The molecule has 0 spiro atoms. The van der Waals surface area contributed by atoms with Gasteiger partial charge in [0.15, 0.2) is 0 Å². The van der Waals surface area contributed by atoms with E-state index >= 15 is 0 Å². The van der Waals surface area contributed by atoms with Crippen LogP contribution in [0.25, 0.3) is 0 Å². The first-order valence-corrected chi connectivity index (χ1v) is 4.60. The number of ether oxygens (including phenoxy) is 1. The van der Waals surface area contributed by atoms with Crippen LogP contribution in [0.5, 0.6) is 0 Å². The average Bonchev–Trinajstić information content (AvgIpc) is 2.13. The molecule has 0 aliphatic heterocycles. The predicted octanol–water partition coefficient (Wildman–Crippen LogP) is -0.351. The van der Waals surface area contributed by atoms with Gasteiger partial charge in [-0.2, -0.15) is 0 Å². The standard InChI is InChI=1S/C9H18N2O3/c1-6(2)8(9(13)14-3)11-7(12)4-5-10/h6,8H,4-5,10H2,1-3H3,(H,11,12)/t8-/m0/s1. The minimum Gasteiger partial charge on any atom is -0.467 e. The van der Waals surface area contributed by atoms with E-state index in [0.717, 1.165) is 0 Å². The van der Waals surface area contributed by atoms with Crippen LogP contribution in [-0.4, -0.2) is 31.6 Å². The summed E-state index contributed by atoms with van der Waals surface area (Å²) in [5.41, 5.74) is 5.21. The van der Waals surface area contributed by atoms with Crippen LogP contribution >= 0.6 is 0 Å². The lowest BCUT2D eigenvalue weighted by Gasteiger charge is -2.19. The van der Waals surface area contributed by atoms with E-state index in [2.05, 4.69) is 10.1 Å². The number of nitrogens with one attached hydrogen (secondary N) is 1. The maximum Gasteiger partial charge on any atom is 0.328 e. The van der Waals surface area contributed by atoms with Crippen molar-refractivity contribution in [1.29, 1.82) is 0 Å². The molecule has 82 valence electrons. The molecule has 1 amide bonds. The molecule has 0 aliphatic rings. The van der Waals surface area contributed by atoms with Gasteiger partial charge >= 0.3 is 5.97 Å². The number of hydrogen-bond acceptors (Lipinski definition) is 4. The largest absolute Gasteiger partial charge is 0.467 e. The first-order valence-electron chi connectivity index (χ1n) is 4.60. The summed E-state index contributed by atoms with van der Waals surface area (Å²) in [5, 5.41) is 2.57. The van der Waals surface area contributed by atoms with Crippen molar-refractivity contribution in [3.05, 3.63) is 0 Å². The number of carbonyl (C=O) groups is 2. The number of methoxy groups -OCH3 is 1.